The maximum atomic E-state index is 12.7. The minimum absolute atomic E-state index is 0.0302. The van der Waals surface area contributed by atoms with Gasteiger partial charge in [-0.1, -0.05) is 11.2 Å². The SMILES string of the molecule is [B]C(O)(O)NC(=O)c1nnc(NC(=O)C2CC2)cc1Nc1cccc(-c2nc(CN(C)C(C)=O)no2)c1OC. The molecule has 2 heterocycles. The first-order valence-electron chi connectivity index (χ1n) is 11.7. The van der Waals surface area contributed by atoms with E-state index in [-0.39, 0.29) is 58.9 Å². The van der Waals surface area contributed by atoms with Gasteiger partial charge in [0.25, 0.3) is 11.8 Å². The molecule has 1 aliphatic rings. The molecule has 0 bridgehead atoms. The summed E-state index contributed by atoms with van der Waals surface area (Å²) in [6, 6.07) is 6.29. The molecule has 0 aliphatic heterocycles. The van der Waals surface area contributed by atoms with Crippen molar-refractivity contribution in [3.8, 4) is 17.2 Å². The van der Waals surface area contributed by atoms with E-state index in [1.165, 1.54) is 25.0 Å². The van der Waals surface area contributed by atoms with Gasteiger partial charge in [0.15, 0.2) is 36.7 Å². The number of rotatable bonds is 10. The maximum Gasteiger partial charge on any atom is 0.277 e. The summed E-state index contributed by atoms with van der Waals surface area (Å²) in [5, 5.41) is 37.8. The van der Waals surface area contributed by atoms with Crippen molar-refractivity contribution in [2.24, 2.45) is 5.92 Å². The zero-order valence-electron chi connectivity index (χ0n) is 21.3. The van der Waals surface area contributed by atoms with Crippen molar-refractivity contribution >= 4 is 42.8 Å². The monoisotopic (exact) mass is 536 g/mol. The van der Waals surface area contributed by atoms with Gasteiger partial charge in [-0.25, -0.2) is 0 Å². The normalized spacial score (nSPS) is 12.9. The van der Waals surface area contributed by atoms with Crippen LogP contribution in [-0.4, -0.2) is 81.0 Å². The minimum Gasteiger partial charge on any atom is -0.494 e. The van der Waals surface area contributed by atoms with E-state index in [9.17, 15) is 24.6 Å². The van der Waals surface area contributed by atoms with Crippen molar-refractivity contribution in [2.45, 2.75) is 32.1 Å². The van der Waals surface area contributed by atoms with E-state index >= 15 is 0 Å². The lowest BCUT2D eigenvalue weighted by Gasteiger charge is -2.20. The molecule has 1 saturated carbocycles. The number of carbonyl (C=O) groups is 3. The van der Waals surface area contributed by atoms with E-state index in [1.54, 1.807) is 30.6 Å². The van der Waals surface area contributed by atoms with Crippen LogP contribution in [0.5, 0.6) is 5.75 Å². The number of nitrogens with zero attached hydrogens (tertiary/aromatic N) is 5. The van der Waals surface area contributed by atoms with Crippen LogP contribution in [0, 0.1) is 5.92 Å². The van der Waals surface area contributed by atoms with Crippen LogP contribution in [0.3, 0.4) is 0 Å². The maximum absolute atomic E-state index is 12.7. The molecule has 0 unspecified atom stereocenters. The Hall–Kier alpha value is -4.57. The number of aromatic nitrogens is 4. The Morgan fingerprint density at radius 3 is 2.62 bits per heavy atom. The Kier molecular flexibility index (Phi) is 7.78. The molecule has 1 fully saturated rings. The third-order valence-electron chi connectivity index (χ3n) is 5.61. The summed E-state index contributed by atoms with van der Waals surface area (Å²) >= 11 is 0. The van der Waals surface area contributed by atoms with Crippen LogP contribution < -0.4 is 20.7 Å². The van der Waals surface area contributed by atoms with E-state index in [2.05, 4.69) is 31.0 Å². The highest BCUT2D eigenvalue weighted by Gasteiger charge is 2.30. The first-order valence-corrected chi connectivity index (χ1v) is 11.7. The molecule has 0 spiro atoms. The van der Waals surface area contributed by atoms with Crippen molar-refractivity contribution < 1.29 is 33.9 Å². The van der Waals surface area contributed by atoms with E-state index in [4.69, 9.17) is 17.1 Å². The smallest absolute Gasteiger partial charge is 0.277 e. The number of amides is 3. The molecule has 2 aromatic heterocycles. The number of benzene rings is 1. The number of hydrogen-bond donors (Lipinski definition) is 5. The van der Waals surface area contributed by atoms with Gasteiger partial charge in [-0.15, -0.1) is 10.2 Å². The van der Waals surface area contributed by atoms with Crippen LogP contribution in [-0.2, 0) is 16.1 Å². The van der Waals surface area contributed by atoms with Gasteiger partial charge in [-0.3, -0.25) is 14.4 Å². The molecular weight excluding hydrogens is 511 g/mol. The molecule has 0 atom stereocenters. The number of hydrogen-bond acceptors (Lipinski definition) is 12. The number of carbonyl (C=O) groups excluding carboxylic acids is 3. The average molecular weight is 536 g/mol. The molecular formula is C23H25BN8O7. The Morgan fingerprint density at radius 2 is 1.97 bits per heavy atom. The topological polar surface area (TPSA) is 205 Å². The Morgan fingerprint density at radius 1 is 1.23 bits per heavy atom. The van der Waals surface area contributed by atoms with Gasteiger partial charge >= 0.3 is 0 Å². The van der Waals surface area contributed by atoms with E-state index in [0.29, 0.717) is 11.3 Å². The van der Waals surface area contributed by atoms with Crippen LogP contribution in [0.4, 0.5) is 17.2 Å². The third kappa shape index (κ3) is 6.85. The number of nitrogens with one attached hydrogen (secondary N) is 3. The Labute approximate surface area is 223 Å². The fourth-order valence-corrected chi connectivity index (χ4v) is 3.44. The molecule has 3 amide bonds. The summed E-state index contributed by atoms with van der Waals surface area (Å²) in [4.78, 5) is 42.2. The molecule has 202 valence electrons. The molecule has 39 heavy (non-hydrogen) atoms. The number of anilines is 3. The molecule has 1 aliphatic carbocycles. The van der Waals surface area contributed by atoms with Gasteiger partial charge in [0.1, 0.15) is 0 Å². The van der Waals surface area contributed by atoms with Crippen LogP contribution >= 0.6 is 0 Å². The lowest BCUT2D eigenvalue weighted by Crippen LogP contribution is -2.49. The molecule has 2 radical (unpaired) electrons. The van der Waals surface area contributed by atoms with Crippen molar-refractivity contribution in [1.82, 2.24) is 30.6 Å². The number of methoxy groups -OCH3 is 1. The lowest BCUT2D eigenvalue weighted by atomic mass is 10.0. The van der Waals surface area contributed by atoms with Crippen molar-refractivity contribution in [1.29, 1.82) is 0 Å². The van der Waals surface area contributed by atoms with Gasteiger partial charge in [0.05, 0.1) is 30.6 Å². The molecule has 16 heteroatoms. The summed E-state index contributed by atoms with van der Waals surface area (Å²) in [5.41, 5.74) is 0.387. The predicted molar refractivity (Wildman–Crippen MR) is 135 cm³/mol. The molecule has 15 nitrogen and oxygen atoms in total. The first-order chi connectivity index (χ1) is 18.4. The third-order valence-corrected chi connectivity index (χ3v) is 5.61. The quantitative estimate of drug-likeness (QED) is 0.173. The van der Waals surface area contributed by atoms with Crippen LogP contribution in [0.1, 0.15) is 36.1 Å². The van der Waals surface area contributed by atoms with Gasteiger partial charge in [-0.05, 0) is 25.0 Å². The second-order valence-corrected chi connectivity index (χ2v) is 8.84. The molecule has 0 saturated heterocycles. The number of aliphatic hydroxyl groups is 2. The van der Waals surface area contributed by atoms with E-state index in [0.717, 1.165) is 12.8 Å². The fourth-order valence-electron chi connectivity index (χ4n) is 3.44. The molecule has 1 aromatic carbocycles. The standard InChI is InChI=1S/C23H25BN8O7/c1-11(33)32(2)10-17-27-22(39-31-17)13-5-4-6-14(19(13)38-3)25-15-9-16(26-20(34)12-7-8-12)29-30-18(15)21(35)28-23(24,36)37/h4-6,9,12,36-37H,7-8,10H2,1-3H3,(H,28,35)(H2,25,26,29,34). The average Bonchev–Trinajstić information content (AvgIpc) is 3.62. The predicted octanol–water partition coefficient (Wildman–Crippen LogP) is 0.0998. The minimum atomic E-state index is -3.02. The van der Waals surface area contributed by atoms with Crippen LogP contribution in [0.15, 0.2) is 28.8 Å². The summed E-state index contributed by atoms with van der Waals surface area (Å²) in [5.74, 6) is -3.91. The van der Waals surface area contributed by atoms with Crippen LogP contribution in [0.2, 0.25) is 0 Å². The summed E-state index contributed by atoms with van der Waals surface area (Å²) in [6.07, 6.45) is 1.53. The Bertz CT molecular complexity index is 1400. The van der Waals surface area contributed by atoms with Gasteiger partial charge in [0, 0.05) is 26.0 Å². The summed E-state index contributed by atoms with van der Waals surface area (Å²) in [7, 11) is 8.09. The summed E-state index contributed by atoms with van der Waals surface area (Å²) in [6.45, 7) is 1.55. The highest BCUT2D eigenvalue weighted by Crippen LogP contribution is 2.38. The van der Waals surface area contributed by atoms with Gasteiger partial charge in [-0.2, -0.15) is 4.98 Å². The molecule has 5 N–H and O–H groups in total. The Balaban J connectivity index is 1.68. The van der Waals surface area contributed by atoms with Crippen LogP contribution in [0.25, 0.3) is 11.5 Å². The number of para-hydroxylation sites is 1. The van der Waals surface area contributed by atoms with E-state index in [1.807, 2.05) is 0 Å². The zero-order valence-corrected chi connectivity index (χ0v) is 21.3. The van der Waals surface area contributed by atoms with Gasteiger partial charge in [0.2, 0.25) is 11.8 Å². The molecule has 3 aromatic rings. The second-order valence-electron chi connectivity index (χ2n) is 8.84. The second kappa shape index (κ2) is 11.0. The molecule has 4 rings (SSSR count). The number of ether oxygens (including phenoxy) is 1. The highest BCUT2D eigenvalue weighted by atomic mass is 16.5. The van der Waals surface area contributed by atoms with Crippen molar-refractivity contribution in [3.63, 3.8) is 0 Å². The van der Waals surface area contributed by atoms with E-state index < -0.39 is 11.7 Å². The zero-order chi connectivity index (χ0) is 28.3. The lowest BCUT2D eigenvalue weighted by molar-refractivity contribution is -0.128. The van der Waals surface area contributed by atoms with Crippen molar-refractivity contribution in [2.75, 3.05) is 24.8 Å². The van der Waals surface area contributed by atoms with Crippen molar-refractivity contribution in [3.05, 3.63) is 35.8 Å². The van der Waals surface area contributed by atoms with Gasteiger partial charge < -0.3 is 40.3 Å². The highest BCUT2D eigenvalue weighted by molar-refractivity contribution is 6.15. The largest absolute Gasteiger partial charge is 0.494 e. The fraction of sp³-hybridized carbons (Fsp3) is 0.348. The summed E-state index contributed by atoms with van der Waals surface area (Å²) < 4.78 is 11.0. The first kappa shape index (κ1) is 27.5.